The minimum atomic E-state index is -0.794. The second kappa shape index (κ2) is 5.75. The summed E-state index contributed by atoms with van der Waals surface area (Å²) in [6, 6.07) is 2.79. The number of alkyl halides is 1. The van der Waals surface area contributed by atoms with Crippen molar-refractivity contribution in [2.75, 3.05) is 12.4 Å². The van der Waals surface area contributed by atoms with Crippen molar-refractivity contribution < 1.29 is 14.1 Å². The number of nitro groups is 1. The Bertz CT molecular complexity index is 552. The predicted molar refractivity (Wildman–Crippen MR) is 72.4 cm³/mol. The zero-order valence-corrected chi connectivity index (χ0v) is 11.6. The first-order valence-corrected chi connectivity index (χ1v) is 6.79. The van der Waals surface area contributed by atoms with E-state index in [4.69, 9.17) is 11.6 Å². The molecule has 2 rings (SSSR count). The molecule has 1 aromatic rings. The standard InChI is InChI=1S/C13H14ClFN2O3/c1-8-2-3-16(12(8)7-14)13(18)9-4-10(15)6-11(5-9)17(19)20/h4-6,8,12H,2-3,7H2,1H3. The molecule has 0 aliphatic carbocycles. The number of hydrogen-bond donors (Lipinski definition) is 0. The molecule has 108 valence electrons. The lowest BCUT2D eigenvalue weighted by molar-refractivity contribution is -0.385. The maximum atomic E-state index is 13.4. The van der Waals surface area contributed by atoms with E-state index >= 15 is 0 Å². The van der Waals surface area contributed by atoms with Crippen molar-refractivity contribution in [3.63, 3.8) is 0 Å². The molecule has 0 N–H and O–H groups in total. The molecule has 0 saturated carbocycles. The van der Waals surface area contributed by atoms with E-state index in [0.29, 0.717) is 12.4 Å². The summed E-state index contributed by atoms with van der Waals surface area (Å²) in [7, 11) is 0. The first-order chi connectivity index (χ1) is 9.43. The van der Waals surface area contributed by atoms with Crippen molar-refractivity contribution in [3.05, 3.63) is 39.7 Å². The summed E-state index contributed by atoms with van der Waals surface area (Å²) in [4.78, 5) is 23.9. The SMILES string of the molecule is CC1CCN(C(=O)c2cc(F)cc([N+](=O)[O-])c2)C1CCl. The number of hydrogen-bond acceptors (Lipinski definition) is 3. The third-order valence-electron chi connectivity index (χ3n) is 3.64. The average molecular weight is 301 g/mol. The predicted octanol–water partition coefficient (Wildman–Crippen LogP) is 2.82. The van der Waals surface area contributed by atoms with Gasteiger partial charge in [-0.3, -0.25) is 14.9 Å². The highest BCUT2D eigenvalue weighted by atomic mass is 35.5. The number of carbonyl (C=O) groups excluding carboxylic acids is 1. The van der Waals surface area contributed by atoms with Crippen LogP contribution in [-0.2, 0) is 0 Å². The van der Waals surface area contributed by atoms with Gasteiger partial charge in [-0.15, -0.1) is 11.6 Å². The molecule has 1 heterocycles. The highest BCUT2D eigenvalue weighted by molar-refractivity contribution is 6.18. The lowest BCUT2D eigenvalue weighted by Crippen LogP contribution is -2.38. The summed E-state index contributed by atoms with van der Waals surface area (Å²) in [5, 5.41) is 10.7. The molecular formula is C13H14ClFN2O3. The van der Waals surface area contributed by atoms with Gasteiger partial charge in [-0.25, -0.2) is 4.39 Å². The van der Waals surface area contributed by atoms with Gasteiger partial charge in [-0.1, -0.05) is 6.92 Å². The second-order valence-corrected chi connectivity index (χ2v) is 5.25. The molecule has 2 unspecified atom stereocenters. The Morgan fingerprint density at radius 2 is 2.25 bits per heavy atom. The summed E-state index contributed by atoms with van der Waals surface area (Å²) < 4.78 is 13.4. The van der Waals surface area contributed by atoms with Gasteiger partial charge in [-0.05, 0) is 18.4 Å². The van der Waals surface area contributed by atoms with Crippen molar-refractivity contribution in [3.8, 4) is 0 Å². The van der Waals surface area contributed by atoms with Crippen LogP contribution in [0.1, 0.15) is 23.7 Å². The molecule has 0 spiro atoms. The van der Waals surface area contributed by atoms with Gasteiger partial charge in [0.2, 0.25) is 0 Å². The Morgan fingerprint density at radius 3 is 2.85 bits per heavy atom. The van der Waals surface area contributed by atoms with Crippen LogP contribution in [0.4, 0.5) is 10.1 Å². The number of nitrogens with zero attached hydrogens (tertiary/aromatic N) is 2. The summed E-state index contributed by atoms with van der Waals surface area (Å²) >= 11 is 5.87. The van der Waals surface area contributed by atoms with Crippen molar-refractivity contribution in [2.45, 2.75) is 19.4 Å². The van der Waals surface area contributed by atoms with E-state index in [-0.39, 0.29) is 17.5 Å². The molecule has 1 aliphatic rings. The van der Waals surface area contributed by atoms with Crippen LogP contribution in [0.5, 0.6) is 0 Å². The molecule has 5 nitrogen and oxygen atoms in total. The molecule has 0 aromatic heterocycles. The van der Waals surface area contributed by atoms with Gasteiger partial charge >= 0.3 is 0 Å². The normalized spacial score (nSPS) is 22.1. The summed E-state index contributed by atoms with van der Waals surface area (Å²) in [6.45, 7) is 2.52. The maximum Gasteiger partial charge on any atom is 0.273 e. The number of benzene rings is 1. The third kappa shape index (κ3) is 2.75. The number of amides is 1. The average Bonchev–Trinajstić information content (AvgIpc) is 2.78. The van der Waals surface area contributed by atoms with E-state index in [1.54, 1.807) is 4.90 Å². The Kier molecular flexibility index (Phi) is 4.23. The maximum absolute atomic E-state index is 13.4. The zero-order valence-electron chi connectivity index (χ0n) is 10.9. The second-order valence-electron chi connectivity index (χ2n) is 4.94. The Balaban J connectivity index is 2.32. The largest absolute Gasteiger partial charge is 0.334 e. The Morgan fingerprint density at radius 1 is 1.55 bits per heavy atom. The van der Waals surface area contributed by atoms with Crippen LogP contribution in [-0.4, -0.2) is 34.2 Å². The van der Waals surface area contributed by atoms with Crippen molar-refractivity contribution in [1.29, 1.82) is 0 Å². The number of rotatable bonds is 3. The van der Waals surface area contributed by atoms with Crippen LogP contribution in [0.25, 0.3) is 0 Å². The zero-order chi connectivity index (χ0) is 14.9. The van der Waals surface area contributed by atoms with Gasteiger partial charge in [0.15, 0.2) is 0 Å². The fourth-order valence-electron chi connectivity index (χ4n) is 2.46. The minimum absolute atomic E-state index is 0.0130. The number of nitro benzene ring substituents is 1. The summed E-state index contributed by atoms with van der Waals surface area (Å²) in [5.41, 5.74) is -0.441. The van der Waals surface area contributed by atoms with Gasteiger partial charge in [0.1, 0.15) is 5.82 Å². The molecule has 7 heteroatoms. The molecule has 0 bridgehead atoms. The molecule has 1 fully saturated rings. The van der Waals surface area contributed by atoms with Crippen LogP contribution >= 0.6 is 11.6 Å². The van der Waals surface area contributed by atoms with E-state index in [0.717, 1.165) is 24.6 Å². The Hall–Kier alpha value is -1.69. The summed E-state index contributed by atoms with van der Waals surface area (Å²) in [6.07, 6.45) is 0.820. The van der Waals surface area contributed by atoms with Crippen molar-refractivity contribution >= 4 is 23.2 Å². The van der Waals surface area contributed by atoms with Crippen LogP contribution in [0.15, 0.2) is 18.2 Å². The summed E-state index contributed by atoms with van der Waals surface area (Å²) in [5.74, 6) is -0.649. The topological polar surface area (TPSA) is 63.5 Å². The van der Waals surface area contributed by atoms with Crippen LogP contribution in [0, 0.1) is 21.8 Å². The van der Waals surface area contributed by atoms with Crippen LogP contribution in [0.2, 0.25) is 0 Å². The lowest BCUT2D eigenvalue weighted by Gasteiger charge is -2.25. The van der Waals surface area contributed by atoms with Gasteiger partial charge < -0.3 is 4.90 Å². The molecule has 20 heavy (non-hydrogen) atoms. The van der Waals surface area contributed by atoms with Crippen LogP contribution < -0.4 is 0 Å². The number of halogens is 2. The fourth-order valence-corrected chi connectivity index (χ4v) is 2.94. The van der Waals surface area contributed by atoms with Gasteiger partial charge in [0.05, 0.1) is 11.0 Å². The number of carbonyl (C=O) groups is 1. The molecule has 0 radical (unpaired) electrons. The quantitative estimate of drug-likeness (QED) is 0.490. The van der Waals surface area contributed by atoms with E-state index in [1.165, 1.54) is 0 Å². The molecule has 1 amide bonds. The van der Waals surface area contributed by atoms with Gasteiger partial charge in [-0.2, -0.15) is 0 Å². The van der Waals surface area contributed by atoms with E-state index in [1.807, 2.05) is 6.92 Å². The van der Waals surface area contributed by atoms with Crippen LogP contribution in [0.3, 0.4) is 0 Å². The molecule has 1 aliphatic heterocycles. The smallest absolute Gasteiger partial charge is 0.273 e. The van der Waals surface area contributed by atoms with E-state index in [2.05, 4.69) is 0 Å². The Labute approximate surface area is 120 Å². The number of likely N-dealkylation sites (tertiary alicyclic amines) is 1. The van der Waals surface area contributed by atoms with Gasteiger partial charge in [0.25, 0.3) is 11.6 Å². The van der Waals surface area contributed by atoms with Crippen molar-refractivity contribution in [1.82, 2.24) is 4.90 Å². The highest BCUT2D eigenvalue weighted by Gasteiger charge is 2.34. The molecule has 2 atom stereocenters. The highest BCUT2D eigenvalue weighted by Crippen LogP contribution is 2.27. The molecule has 1 aromatic carbocycles. The van der Waals surface area contributed by atoms with E-state index < -0.39 is 22.3 Å². The minimum Gasteiger partial charge on any atom is -0.334 e. The first-order valence-electron chi connectivity index (χ1n) is 6.26. The number of non-ortho nitro benzene ring substituents is 1. The third-order valence-corrected chi connectivity index (χ3v) is 3.96. The lowest BCUT2D eigenvalue weighted by atomic mass is 10.0. The fraction of sp³-hybridized carbons (Fsp3) is 0.462. The van der Waals surface area contributed by atoms with Crippen molar-refractivity contribution in [2.24, 2.45) is 5.92 Å². The van der Waals surface area contributed by atoms with Gasteiger partial charge in [0, 0.05) is 30.1 Å². The molecular weight excluding hydrogens is 287 g/mol. The first kappa shape index (κ1) is 14.7. The monoisotopic (exact) mass is 300 g/mol. The molecule has 1 saturated heterocycles. The van der Waals surface area contributed by atoms with E-state index in [9.17, 15) is 19.3 Å².